The average molecular weight is 251 g/mol. The van der Waals surface area contributed by atoms with E-state index in [-0.39, 0.29) is 23.9 Å². The molecule has 1 aromatic rings. The molecule has 2 rings (SSSR count). The monoisotopic (exact) mass is 251 g/mol. The fourth-order valence-electron chi connectivity index (χ4n) is 2.12. The maximum absolute atomic E-state index is 12.0. The van der Waals surface area contributed by atoms with Gasteiger partial charge in [0, 0.05) is 19.2 Å². The Balaban J connectivity index is 2.14. The van der Waals surface area contributed by atoms with Crippen LogP contribution in [0.4, 0.5) is 0 Å². The Bertz CT molecular complexity index is 515. The molecule has 0 unspecified atom stereocenters. The predicted molar refractivity (Wildman–Crippen MR) is 61.2 cm³/mol. The molecular weight excluding hydrogens is 238 g/mol. The van der Waals surface area contributed by atoms with E-state index in [2.05, 4.69) is 4.42 Å². The fraction of sp³-hybridized carbons (Fsp3) is 0.417. The molecule has 0 saturated carbocycles. The van der Waals surface area contributed by atoms with Crippen LogP contribution in [0.3, 0.4) is 0 Å². The molecule has 96 valence electrons. The lowest BCUT2D eigenvalue weighted by atomic mass is 9.99. The molecule has 0 aliphatic carbocycles. The van der Waals surface area contributed by atoms with Gasteiger partial charge >= 0.3 is 11.6 Å². The van der Waals surface area contributed by atoms with Crippen molar-refractivity contribution in [1.29, 1.82) is 0 Å². The van der Waals surface area contributed by atoms with Crippen LogP contribution in [0.1, 0.15) is 17.3 Å². The zero-order chi connectivity index (χ0) is 13.3. The van der Waals surface area contributed by atoms with Gasteiger partial charge in [-0.2, -0.15) is 0 Å². The van der Waals surface area contributed by atoms with E-state index in [4.69, 9.17) is 5.11 Å². The Morgan fingerprint density at radius 1 is 1.39 bits per heavy atom. The van der Waals surface area contributed by atoms with E-state index < -0.39 is 17.5 Å². The highest BCUT2D eigenvalue weighted by atomic mass is 16.4. The van der Waals surface area contributed by atoms with Gasteiger partial charge in [0.25, 0.3) is 5.91 Å². The number of likely N-dealkylation sites (tertiary alicyclic amines) is 1. The molecule has 1 aliphatic rings. The summed E-state index contributed by atoms with van der Waals surface area (Å²) in [6.07, 6.45) is 1.10. The molecule has 0 radical (unpaired) electrons. The zero-order valence-electron chi connectivity index (χ0n) is 9.83. The van der Waals surface area contributed by atoms with Crippen LogP contribution in [0, 0.1) is 11.8 Å². The third-order valence-corrected chi connectivity index (χ3v) is 3.16. The molecule has 0 aromatic carbocycles. The van der Waals surface area contributed by atoms with Crippen molar-refractivity contribution in [1.82, 2.24) is 4.90 Å². The molecule has 2 atom stereocenters. The first-order valence-corrected chi connectivity index (χ1v) is 5.60. The molecule has 1 N–H and O–H groups in total. The van der Waals surface area contributed by atoms with Gasteiger partial charge in [0.15, 0.2) is 0 Å². The van der Waals surface area contributed by atoms with E-state index in [0.29, 0.717) is 6.54 Å². The number of carboxylic acid groups (broad SMARTS) is 1. The topological polar surface area (TPSA) is 87.8 Å². The van der Waals surface area contributed by atoms with Crippen molar-refractivity contribution >= 4 is 11.9 Å². The second-order valence-corrected chi connectivity index (χ2v) is 4.48. The first kappa shape index (κ1) is 12.3. The lowest BCUT2D eigenvalue weighted by Gasteiger charge is -2.15. The molecule has 0 bridgehead atoms. The highest BCUT2D eigenvalue weighted by molar-refractivity contribution is 5.94. The first-order chi connectivity index (χ1) is 8.49. The first-order valence-electron chi connectivity index (χ1n) is 5.60. The number of carboxylic acids is 1. The Morgan fingerprint density at radius 3 is 2.61 bits per heavy atom. The Morgan fingerprint density at radius 2 is 2.11 bits per heavy atom. The average Bonchev–Trinajstić information content (AvgIpc) is 2.71. The summed E-state index contributed by atoms with van der Waals surface area (Å²) in [4.78, 5) is 35.3. The number of hydrogen-bond donors (Lipinski definition) is 1. The molecule has 18 heavy (non-hydrogen) atoms. The van der Waals surface area contributed by atoms with Crippen LogP contribution in [0.25, 0.3) is 0 Å². The van der Waals surface area contributed by atoms with Gasteiger partial charge in [0.05, 0.1) is 11.5 Å². The van der Waals surface area contributed by atoms with Crippen LogP contribution in [0.15, 0.2) is 27.6 Å². The van der Waals surface area contributed by atoms with Crippen molar-refractivity contribution in [2.24, 2.45) is 11.8 Å². The molecule has 1 aromatic heterocycles. The maximum atomic E-state index is 12.0. The molecule has 1 fully saturated rings. The van der Waals surface area contributed by atoms with Gasteiger partial charge in [-0.1, -0.05) is 6.92 Å². The SMILES string of the molecule is C[C@@H]1CN(C(=O)c2ccc(=O)oc2)C[C@H]1C(=O)O. The lowest BCUT2D eigenvalue weighted by molar-refractivity contribution is -0.142. The Hall–Kier alpha value is -2.11. The molecule has 1 aliphatic heterocycles. The quantitative estimate of drug-likeness (QED) is 0.823. The third kappa shape index (κ3) is 2.27. The highest BCUT2D eigenvalue weighted by Gasteiger charge is 2.37. The van der Waals surface area contributed by atoms with E-state index in [0.717, 1.165) is 6.26 Å². The number of amides is 1. The molecule has 6 heteroatoms. The van der Waals surface area contributed by atoms with Gasteiger partial charge in [-0.05, 0) is 12.0 Å². The molecule has 6 nitrogen and oxygen atoms in total. The molecule has 2 heterocycles. The fourth-order valence-corrected chi connectivity index (χ4v) is 2.12. The minimum atomic E-state index is -0.891. The summed E-state index contributed by atoms with van der Waals surface area (Å²) in [6, 6.07) is 2.55. The third-order valence-electron chi connectivity index (χ3n) is 3.16. The summed E-state index contributed by atoms with van der Waals surface area (Å²) >= 11 is 0. The second-order valence-electron chi connectivity index (χ2n) is 4.48. The minimum absolute atomic E-state index is 0.0813. The highest BCUT2D eigenvalue weighted by Crippen LogP contribution is 2.24. The number of rotatable bonds is 2. The second kappa shape index (κ2) is 4.64. The summed E-state index contributed by atoms with van der Waals surface area (Å²) in [5.74, 6) is -1.82. The maximum Gasteiger partial charge on any atom is 0.335 e. The van der Waals surface area contributed by atoms with Crippen LogP contribution in [-0.2, 0) is 4.79 Å². The van der Waals surface area contributed by atoms with Gasteiger partial charge in [-0.25, -0.2) is 4.79 Å². The number of carbonyl (C=O) groups is 2. The summed E-state index contributed by atoms with van der Waals surface area (Å²) in [5.41, 5.74) is -0.266. The van der Waals surface area contributed by atoms with Gasteiger partial charge in [0.1, 0.15) is 6.26 Å². The summed E-state index contributed by atoms with van der Waals surface area (Å²) in [6.45, 7) is 2.39. The van der Waals surface area contributed by atoms with E-state index in [1.807, 2.05) is 0 Å². The van der Waals surface area contributed by atoms with Crippen LogP contribution in [-0.4, -0.2) is 35.0 Å². The van der Waals surface area contributed by atoms with E-state index in [1.165, 1.54) is 17.0 Å². The summed E-state index contributed by atoms with van der Waals surface area (Å²) in [7, 11) is 0. The molecule has 1 amide bonds. The Labute approximate surface area is 103 Å². The van der Waals surface area contributed by atoms with Gasteiger partial charge in [-0.3, -0.25) is 9.59 Å². The van der Waals surface area contributed by atoms with Crippen molar-refractivity contribution in [3.8, 4) is 0 Å². The van der Waals surface area contributed by atoms with Crippen molar-refractivity contribution in [2.75, 3.05) is 13.1 Å². The number of carbonyl (C=O) groups excluding carboxylic acids is 1. The lowest BCUT2D eigenvalue weighted by Crippen LogP contribution is -2.30. The van der Waals surface area contributed by atoms with Crippen LogP contribution < -0.4 is 5.63 Å². The van der Waals surface area contributed by atoms with Crippen molar-refractivity contribution in [2.45, 2.75) is 6.92 Å². The minimum Gasteiger partial charge on any atom is -0.481 e. The molecule has 0 spiro atoms. The summed E-state index contributed by atoms with van der Waals surface area (Å²) < 4.78 is 4.62. The van der Waals surface area contributed by atoms with E-state index in [1.54, 1.807) is 6.92 Å². The number of aliphatic carboxylic acids is 1. The van der Waals surface area contributed by atoms with E-state index in [9.17, 15) is 14.4 Å². The van der Waals surface area contributed by atoms with E-state index >= 15 is 0 Å². The number of hydrogen-bond acceptors (Lipinski definition) is 4. The standard InChI is InChI=1S/C12H13NO5/c1-7-4-13(5-9(7)12(16)17)11(15)8-2-3-10(14)18-6-8/h2-3,6-7,9H,4-5H2,1H3,(H,16,17)/t7-,9-/m1/s1. The van der Waals surface area contributed by atoms with Crippen LogP contribution >= 0.6 is 0 Å². The van der Waals surface area contributed by atoms with Gasteiger partial charge < -0.3 is 14.4 Å². The van der Waals surface area contributed by atoms with Crippen molar-refractivity contribution < 1.29 is 19.1 Å². The molecule has 1 saturated heterocycles. The smallest absolute Gasteiger partial charge is 0.335 e. The Kier molecular flexibility index (Phi) is 3.18. The zero-order valence-corrected chi connectivity index (χ0v) is 9.83. The largest absolute Gasteiger partial charge is 0.481 e. The van der Waals surface area contributed by atoms with Gasteiger partial charge in [-0.15, -0.1) is 0 Å². The number of nitrogens with zero attached hydrogens (tertiary/aromatic N) is 1. The van der Waals surface area contributed by atoms with Crippen molar-refractivity contribution in [3.05, 3.63) is 34.4 Å². The summed E-state index contributed by atoms with van der Waals surface area (Å²) in [5, 5.41) is 8.99. The predicted octanol–water partition coefficient (Wildman–Crippen LogP) is 0.433. The molecular formula is C12H13NO5. The van der Waals surface area contributed by atoms with Crippen LogP contribution in [0.2, 0.25) is 0 Å². The normalized spacial score (nSPS) is 23.1. The van der Waals surface area contributed by atoms with Gasteiger partial charge in [0.2, 0.25) is 0 Å². The van der Waals surface area contributed by atoms with Crippen molar-refractivity contribution in [3.63, 3.8) is 0 Å². The van der Waals surface area contributed by atoms with Crippen LogP contribution in [0.5, 0.6) is 0 Å².